The van der Waals surface area contributed by atoms with Gasteiger partial charge >= 0.3 is 0 Å². The molecule has 0 heterocycles. The van der Waals surface area contributed by atoms with Gasteiger partial charge in [0.15, 0.2) is 0 Å². The molecular formula is C14H20BrN. The largest absolute Gasteiger partial charge is 0.307 e. The maximum absolute atomic E-state index is 3.76. The van der Waals surface area contributed by atoms with E-state index >= 15 is 0 Å². The van der Waals surface area contributed by atoms with E-state index in [1.165, 1.54) is 22.9 Å². The van der Waals surface area contributed by atoms with Crippen molar-refractivity contribution in [2.75, 3.05) is 0 Å². The lowest BCUT2D eigenvalue weighted by Crippen LogP contribution is -2.32. The van der Waals surface area contributed by atoms with Crippen molar-refractivity contribution >= 4 is 15.9 Å². The molecule has 0 spiro atoms. The predicted molar refractivity (Wildman–Crippen MR) is 72.5 cm³/mol. The molecule has 1 aromatic carbocycles. The molecule has 88 valence electrons. The topological polar surface area (TPSA) is 12.0 Å². The van der Waals surface area contributed by atoms with Crippen LogP contribution in [0.5, 0.6) is 0 Å². The van der Waals surface area contributed by atoms with E-state index in [1.807, 2.05) is 0 Å². The molecule has 0 amide bonds. The zero-order valence-electron chi connectivity index (χ0n) is 10.0. The third-order valence-electron chi connectivity index (χ3n) is 3.48. The van der Waals surface area contributed by atoms with Crippen LogP contribution in [0, 0.1) is 5.92 Å². The maximum Gasteiger partial charge on any atom is 0.0331 e. The summed E-state index contributed by atoms with van der Waals surface area (Å²) in [4.78, 5) is 0. The molecule has 2 unspecified atom stereocenters. The van der Waals surface area contributed by atoms with Gasteiger partial charge in [0.2, 0.25) is 0 Å². The van der Waals surface area contributed by atoms with Crippen molar-refractivity contribution in [3.63, 3.8) is 0 Å². The Kier molecular flexibility index (Phi) is 4.04. The van der Waals surface area contributed by atoms with Crippen molar-refractivity contribution in [1.29, 1.82) is 0 Å². The Bertz CT molecular complexity index is 346. The van der Waals surface area contributed by atoms with Crippen LogP contribution in [0.15, 0.2) is 28.7 Å². The molecular weight excluding hydrogens is 262 g/mol. The van der Waals surface area contributed by atoms with E-state index in [9.17, 15) is 0 Å². The molecule has 0 aliphatic heterocycles. The highest BCUT2D eigenvalue weighted by molar-refractivity contribution is 9.10. The fraction of sp³-hybridized carbons (Fsp3) is 0.571. The van der Waals surface area contributed by atoms with Crippen LogP contribution in [0.1, 0.15) is 44.7 Å². The van der Waals surface area contributed by atoms with Crippen molar-refractivity contribution < 1.29 is 0 Å². The molecule has 1 aliphatic carbocycles. The van der Waals surface area contributed by atoms with Gasteiger partial charge in [0.1, 0.15) is 0 Å². The Labute approximate surface area is 107 Å². The summed E-state index contributed by atoms with van der Waals surface area (Å²) in [6, 6.07) is 9.66. The number of nitrogens with one attached hydrogen (secondary N) is 1. The lowest BCUT2D eigenvalue weighted by atomic mass is 10.0. The molecule has 1 aromatic rings. The highest BCUT2D eigenvalue weighted by atomic mass is 79.9. The minimum Gasteiger partial charge on any atom is -0.307 e. The molecule has 0 aromatic heterocycles. The molecule has 2 heteroatoms. The fourth-order valence-electron chi connectivity index (χ4n) is 2.23. The van der Waals surface area contributed by atoms with Gasteiger partial charge in [-0.3, -0.25) is 0 Å². The number of benzene rings is 1. The summed E-state index contributed by atoms with van der Waals surface area (Å²) in [5.74, 6) is 0.913. The summed E-state index contributed by atoms with van der Waals surface area (Å²) >= 11 is 3.64. The number of hydrogen-bond acceptors (Lipinski definition) is 1. The second kappa shape index (κ2) is 5.33. The average Bonchev–Trinajstić information content (AvgIpc) is 3.10. The summed E-state index contributed by atoms with van der Waals surface area (Å²) < 4.78 is 1.22. The first kappa shape index (κ1) is 12.1. The quantitative estimate of drug-likeness (QED) is 0.849. The molecule has 1 fully saturated rings. The molecule has 1 nitrogen and oxygen atoms in total. The highest BCUT2D eigenvalue weighted by Gasteiger charge is 2.29. The van der Waals surface area contributed by atoms with Crippen LogP contribution in [0.3, 0.4) is 0 Å². The maximum atomic E-state index is 3.76. The molecule has 1 saturated carbocycles. The summed E-state index contributed by atoms with van der Waals surface area (Å²) in [6.45, 7) is 4.56. The van der Waals surface area contributed by atoms with E-state index in [2.05, 4.69) is 59.4 Å². The Hall–Kier alpha value is -0.340. The van der Waals surface area contributed by atoms with Crippen LogP contribution in [-0.2, 0) is 0 Å². The second-order valence-corrected chi connectivity index (χ2v) is 5.63. The van der Waals surface area contributed by atoms with Crippen molar-refractivity contribution in [2.24, 2.45) is 5.92 Å². The van der Waals surface area contributed by atoms with E-state index in [0.717, 1.165) is 12.3 Å². The third kappa shape index (κ3) is 2.86. The van der Waals surface area contributed by atoms with E-state index in [4.69, 9.17) is 0 Å². The van der Waals surface area contributed by atoms with Gasteiger partial charge in [0.25, 0.3) is 0 Å². The Balaban J connectivity index is 2.06. The lowest BCUT2D eigenvalue weighted by Gasteiger charge is -2.23. The zero-order chi connectivity index (χ0) is 11.5. The van der Waals surface area contributed by atoms with Crippen molar-refractivity contribution in [2.45, 2.75) is 45.2 Å². The summed E-state index contributed by atoms with van der Waals surface area (Å²) in [5.41, 5.74) is 1.39. The van der Waals surface area contributed by atoms with E-state index in [1.54, 1.807) is 0 Å². The molecule has 16 heavy (non-hydrogen) atoms. The van der Waals surface area contributed by atoms with Crippen LogP contribution in [-0.4, -0.2) is 6.04 Å². The van der Waals surface area contributed by atoms with Crippen molar-refractivity contribution in [1.82, 2.24) is 5.32 Å². The van der Waals surface area contributed by atoms with E-state index in [-0.39, 0.29) is 0 Å². The van der Waals surface area contributed by atoms with Gasteiger partial charge in [-0.05, 0) is 43.7 Å². The monoisotopic (exact) mass is 281 g/mol. The van der Waals surface area contributed by atoms with Crippen LogP contribution >= 0.6 is 15.9 Å². The second-order valence-electron chi connectivity index (χ2n) is 4.78. The third-order valence-corrected chi connectivity index (χ3v) is 4.20. The highest BCUT2D eigenvalue weighted by Crippen LogP contribution is 2.34. The normalized spacial score (nSPS) is 19.4. The first-order chi connectivity index (χ1) is 7.72. The number of halogens is 1. The minimum atomic E-state index is 0.478. The van der Waals surface area contributed by atoms with Crippen LogP contribution in [0.4, 0.5) is 0 Å². The van der Waals surface area contributed by atoms with Crippen LogP contribution in [0.2, 0.25) is 0 Å². The van der Waals surface area contributed by atoms with Crippen molar-refractivity contribution in [3.05, 3.63) is 34.3 Å². The SMILES string of the molecule is CCC(NC(C)C1CC1)c1ccccc1Br. The first-order valence-electron chi connectivity index (χ1n) is 6.22. The van der Waals surface area contributed by atoms with Crippen LogP contribution in [0.25, 0.3) is 0 Å². The fourth-order valence-corrected chi connectivity index (χ4v) is 2.80. The molecule has 0 saturated heterocycles. The molecule has 0 bridgehead atoms. The van der Waals surface area contributed by atoms with Gasteiger partial charge in [-0.15, -0.1) is 0 Å². The van der Waals surface area contributed by atoms with Crippen LogP contribution < -0.4 is 5.32 Å². The molecule has 0 radical (unpaired) electrons. The van der Waals surface area contributed by atoms with Gasteiger partial charge < -0.3 is 5.32 Å². The van der Waals surface area contributed by atoms with Crippen molar-refractivity contribution in [3.8, 4) is 0 Å². The number of rotatable bonds is 5. The molecule has 2 atom stereocenters. The minimum absolute atomic E-state index is 0.478. The Morgan fingerprint density at radius 3 is 2.62 bits per heavy atom. The first-order valence-corrected chi connectivity index (χ1v) is 7.02. The lowest BCUT2D eigenvalue weighted by molar-refractivity contribution is 0.413. The van der Waals surface area contributed by atoms with Gasteiger partial charge in [-0.2, -0.15) is 0 Å². The smallest absolute Gasteiger partial charge is 0.0331 e. The summed E-state index contributed by atoms with van der Waals surface area (Å²) in [5, 5.41) is 3.76. The standard InChI is InChI=1S/C14H20BrN/c1-3-14(16-10(2)11-8-9-11)12-6-4-5-7-13(12)15/h4-7,10-11,14,16H,3,8-9H2,1-2H3. The summed E-state index contributed by atoms with van der Waals surface area (Å²) in [7, 11) is 0. The predicted octanol–water partition coefficient (Wildman–Crippen LogP) is 4.29. The molecule has 2 rings (SSSR count). The number of hydrogen-bond donors (Lipinski definition) is 1. The van der Waals surface area contributed by atoms with Gasteiger partial charge in [0.05, 0.1) is 0 Å². The Morgan fingerprint density at radius 1 is 1.38 bits per heavy atom. The molecule has 1 aliphatic rings. The molecule has 1 N–H and O–H groups in total. The van der Waals surface area contributed by atoms with Gasteiger partial charge in [-0.1, -0.05) is 41.1 Å². The van der Waals surface area contributed by atoms with E-state index in [0.29, 0.717) is 12.1 Å². The van der Waals surface area contributed by atoms with Gasteiger partial charge in [-0.25, -0.2) is 0 Å². The Morgan fingerprint density at radius 2 is 2.06 bits per heavy atom. The van der Waals surface area contributed by atoms with Gasteiger partial charge in [0, 0.05) is 16.6 Å². The van der Waals surface area contributed by atoms with E-state index < -0.39 is 0 Å². The zero-order valence-corrected chi connectivity index (χ0v) is 11.6. The summed E-state index contributed by atoms with van der Waals surface area (Å²) in [6.07, 6.45) is 3.95. The average molecular weight is 282 g/mol.